The SMILES string of the molecule is CCNC(=NCC(O)COCC1CC1)N1CCN(c2ccccn2)CC1.I. The van der Waals surface area contributed by atoms with Crippen LogP contribution in [0, 0.1) is 5.92 Å². The molecule has 1 aromatic heterocycles. The molecule has 3 rings (SSSR count). The van der Waals surface area contributed by atoms with Crippen LogP contribution in [0.1, 0.15) is 19.8 Å². The largest absolute Gasteiger partial charge is 0.389 e. The molecule has 2 fully saturated rings. The van der Waals surface area contributed by atoms with Gasteiger partial charge in [0.15, 0.2) is 5.96 Å². The Labute approximate surface area is 179 Å². The van der Waals surface area contributed by atoms with Crippen LogP contribution in [0.5, 0.6) is 0 Å². The Bertz CT molecular complexity index is 562. The van der Waals surface area contributed by atoms with Crippen LogP contribution in [0.15, 0.2) is 29.4 Å². The van der Waals surface area contributed by atoms with E-state index >= 15 is 0 Å². The van der Waals surface area contributed by atoms with Crippen molar-refractivity contribution < 1.29 is 9.84 Å². The second-order valence-electron chi connectivity index (χ2n) is 6.99. The topological polar surface area (TPSA) is 73.2 Å². The minimum Gasteiger partial charge on any atom is -0.389 e. The van der Waals surface area contributed by atoms with Crippen LogP contribution in [0.25, 0.3) is 0 Å². The monoisotopic (exact) mass is 489 g/mol. The first-order valence-electron chi connectivity index (χ1n) is 9.71. The minimum absolute atomic E-state index is 0. The van der Waals surface area contributed by atoms with E-state index in [1.165, 1.54) is 12.8 Å². The van der Waals surface area contributed by atoms with Gasteiger partial charge >= 0.3 is 0 Å². The first kappa shape index (κ1) is 22.2. The third-order valence-corrected chi connectivity index (χ3v) is 4.70. The number of aliphatic hydroxyl groups excluding tert-OH is 1. The molecule has 0 radical (unpaired) electrons. The number of hydrogen-bond donors (Lipinski definition) is 2. The number of nitrogens with zero attached hydrogens (tertiary/aromatic N) is 4. The zero-order chi connectivity index (χ0) is 18.2. The van der Waals surface area contributed by atoms with Crippen LogP contribution in [0.3, 0.4) is 0 Å². The molecule has 2 heterocycles. The lowest BCUT2D eigenvalue weighted by molar-refractivity contribution is 0.0367. The van der Waals surface area contributed by atoms with Crippen molar-refractivity contribution in [2.75, 3.05) is 57.4 Å². The van der Waals surface area contributed by atoms with Gasteiger partial charge in [0.25, 0.3) is 0 Å². The van der Waals surface area contributed by atoms with Gasteiger partial charge < -0.3 is 25.0 Å². The second kappa shape index (κ2) is 11.7. The highest BCUT2D eigenvalue weighted by molar-refractivity contribution is 14.0. The molecule has 0 bridgehead atoms. The number of hydrogen-bond acceptors (Lipinski definition) is 5. The van der Waals surface area contributed by atoms with E-state index in [9.17, 15) is 5.11 Å². The third-order valence-electron chi connectivity index (χ3n) is 4.70. The lowest BCUT2D eigenvalue weighted by atomic mass is 10.3. The lowest BCUT2D eigenvalue weighted by Gasteiger charge is -2.37. The molecule has 1 unspecified atom stereocenters. The van der Waals surface area contributed by atoms with E-state index in [2.05, 4.69) is 32.0 Å². The fraction of sp³-hybridized carbons (Fsp3) is 0.684. The number of rotatable bonds is 8. The van der Waals surface area contributed by atoms with E-state index < -0.39 is 6.10 Å². The first-order valence-corrected chi connectivity index (χ1v) is 9.71. The Kier molecular flexibility index (Phi) is 9.57. The van der Waals surface area contributed by atoms with Gasteiger partial charge in [-0.1, -0.05) is 6.07 Å². The number of anilines is 1. The van der Waals surface area contributed by atoms with Crippen molar-refractivity contribution >= 4 is 35.8 Å². The van der Waals surface area contributed by atoms with Crippen LogP contribution in [0.4, 0.5) is 5.82 Å². The van der Waals surface area contributed by atoms with E-state index in [4.69, 9.17) is 4.74 Å². The highest BCUT2D eigenvalue weighted by Gasteiger charge is 2.22. The minimum atomic E-state index is -0.544. The second-order valence-corrected chi connectivity index (χ2v) is 6.99. The van der Waals surface area contributed by atoms with Gasteiger partial charge in [-0.3, -0.25) is 4.99 Å². The van der Waals surface area contributed by atoms with E-state index in [0.29, 0.717) is 13.2 Å². The van der Waals surface area contributed by atoms with Gasteiger partial charge in [0.2, 0.25) is 0 Å². The summed E-state index contributed by atoms with van der Waals surface area (Å²) < 4.78 is 5.55. The van der Waals surface area contributed by atoms with Gasteiger partial charge in [-0.25, -0.2) is 4.98 Å². The molecule has 1 aliphatic heterocycles. The van der Waals surface area contributed by atoms with E-state index in [1.807, 2.05) is 24.4 Å². The average Bonchev–Trinajstić information content (AvgIpc) is 3.50. The number of guanidine groups is 1. The Hall–Kier alpha value is -1.13. The molecule has 0 amide bonds. The fourth-order valence-corrected chi connectivity index (χ4v) is 3.01. The molecule has 2 N–H and O–H groups in total. The van der Waals surface area contributed by atoms with Gasteiger partial charge in [-0.15, -0.1) is 24.0 Å². The van der Waals surface area contributed by atoms with Crippen molar-refractivity contribution in [1.29, 1.82) is 0 Å². The Balaban J connectivity index is 0.00000261. The Morgan fingerprint density at radius 2 is 2.11 bits per heavy atom. The number of nitrogens with one attached hydrogen (secondary N) is 1. The quantitative estimate of drug-likeness (QED) is 0.328. The number of ether oxygens (including phenoxy) is 1. The standard InChI is InChI=1S/C19H31N5O2.HI/c1-2-20-19(22-13-17(25)15-26-14-16-6-7-16)24-11-9-23(10-12-24)18-5-3-4-8-21-18;/h3-5,8,16-17,25H,2,6-7,9-15H2,1H3,(H,20,22);1H. The number of halogens is 1. The van der Waals surface area contributed by atoms with Gasteiger partial charge in [0.1, 0.15) is 5.82 Å². The summed E-state index contributed by atoms with van der Waals surface area (Å²) in [5.74, 6) is 2.62. The summed E-state index contributed by atoms with van der Waals surface area (Å²) in [5, 5.41) is 13.4. The molecule has 1 aliphatic carbocycles. The molecule has 0 spiro atoms. The molecule has 2 aliphatic rings. The zero-order valence-electron chi connectivity index (χ0n) is 16.1. The van der Waals surface area contributed by atoms with Crippen molar-refractivity contribution in [3.63, 3.8) is 0 Å². The van der Waals surface area contributed by atoms with Gasteiger partial charge in [0, 0.05) is 45.5 Å². The fourth-order valence-electron chi connectivity index (χ4n) is 3.01. The molecule has 0 aromatic carbocycles. The van der Waals surface area contributed by atoms with Crippen LogP contribution >= 0.6 is 24.0 Å². The zero-order valence-corrected chi connectivity index (χ0v) is 18.4. The van der Waals surface area contributed by atoms with E-state index in [1.54, 1.807) is 0 Å². The van der Waals surface area contributed by atoms with Crippen molar-refractivity contribution in [2.24, 2.45) is 10.9 Å². The molecule has 1 saturated carbocycles. The van der Waals surface area contributed by atoms with Crippen LogP contribution in [-0.2, 0) is 4.74 Å². The maximum absolute atomic E-state index is 10.1. The van der Waals surface area contributed by atoms with E-state index in [0.717, 1.165) is 57.0 Å². The average molecular weight is 489 g/mol. The molecular formula is C19H32IN5O2. The summed E-state index contributed by atoms with van der Waals surface area (Å²) in [7, 11) is 0. The molecule has 8 heteroatoms. The summed E-state index contributed by atoms with van der Waals surface area (Å²) in [6.45, 7) is 7.98. The smallest absolute Gasteiger partial charge is 0.194 e. The van der Waals surface area contributed by atoms with E-state index in [-0.39, 0.29) is 24.0 Å². The van der Waals surface area contributed by atoms with Crippen molar-refractivity contribution in [1.82, 2.24) is 15.2 Å². The Morgan fingerprint density at radius 1 is 1.33 bits per heavy atom. The highest BCUT2D eigenvalue weighted by atomic mass is 127. The van der Waals surface area contributed by atoms with Gasteiger partial charge in [0.05, 0.1) is 19.3 Å². The maximum atomic E-state index is 10.1. The number of aromatic nitrogens is 1. The normalized spacial score (nSPS) is 18.8. The summed E-state index contributed by atoms with van der Waals surface area (Å²) in [6.07, 6.45) is 3.82. The van der Waals surface area contributed by atoms with Crippen molar-refractivity contribution in [3.8, 4) is 0 Å². The summed E-state index contributed by atoms with van der Waals surface area (Å²) in [6, 6.07) is 6.01. The number of aliphatic imine (C=N–C) groups is 1. The number of aliphatic hydroxyl groups is 1. The Morgan fingerprint density at radius 3 is 2.74 bits per heavy atom. The predicted molar refractivity (Wildman–Crippen MR) is 119 cm³/mol. The number of piperazine rings is 1. The lowest BCUT2D eigenvalue weighted by Crippen LogP contribution is -2.53. The van der Waals surface area contributed by atoms with Crippen LogP contribution < -0.4 is 10.2 Å². The van der Waals surface area contributed by atoms with Crippen molar-refractivity contribution in [3.05, 3.63) is 24.4 Å². The highest BCUT2D eigenvalue weighted by Crippen LogP contribution is 2.28. The first-order chi connectivity index (χ1) is 12.8. The molecular weight excluding hydrogens is 457 g/mol. The van der Waals surface area contributed by atoms with Crippen LogP contribution in [0.2, 0.25) is 0 Å². The molecule has 27 heavy (non-hydrogen) atoms. The van der Waals surface area contributed by atoms with Gasteiger partial charge in [-0.05, 0) is 37.8 Å². The molecule has 1 saturated heterocycles. The summed E-state index contributed by atoms with van der Waals surface area (Å²) >= 11 is 0. The molecule has 1 atom stereocenters. The molecule has 1 aromatic rings. The third kappa shape index (κ3) is 7.42. The van der Waals surface area contributed by atoms with Crippen LogP contribution in [-0.4, -0.2) is 79.5 Å². The maximum Gasteiger partial charge on any atom is 0.194 e. The summed E-state index contributed by atoms with van der Waals surface area (Å²) in [4.78, 5) is 13.6. The number of pyridine rings is 1. The molecule has 7 nitrogen and oxygen atoms in total. The van der Waals surface area contributed by atoms with Crippen molar-refractivity contribution in [2.45, 2.75) is 25.9 Å². The molecule has 152 valence electrons. The summed E-state index contributed by atoms with van der Waals surface area (Å²) in [5.41, 5.74) is 0. The predicted octanol–water partition coefficient (Wildman–Crippen LogP) is 1.57. The van der Waals surface area contributed by atoms with Gasteiger partial charge in [-0.2, -0.15) is 0 Å².